The van der Waals surface area contributed by atoms with Gasteiger partial charge in [-0.3, -0.25) is 4.57 Å². The molecule has 1 fully saturated rings. The Labute approximate surface area is 118 Å². The molecule has 2 rings (SSSR count). The molecule has 5 N–H and O–H groups in total. The van der Waals surface area contributed by atoms with Crippen molar-refractivity contribution < 1.29 is 24.4 Å². The third kappa shape index (κ3) is 2.28. The van der Waals surface area contributed by atoms with Crippen molar-refractivity contribution in [2.75, 3.05) is 5.73 Å². The van der Waals surface area contributed by atoms with Crippen LogP contribution in [0.3, 0.4) is 0 Å². The first-order chi connectivity index (χ1) is 9.72. The maximum atomic E-state index is 13.5. The highest BCUT2D eigenvalue weighted by atomic mass is 19.1. The number of ether oxygens (including phenoxy) is 1. The van der Waals surface area contributed by atoms with E-state index in [9.17, 15) is 24.5 Å². The zero-order valence-electron chi connectivity index (χ0n) is 11.0. The van der Waals surface area contributed by atoms with E-state index in [0.717, 1.165) is 0 Å². The van der Waals surface area contributed by atoms with E-state index in [1.807, 2.05) is 5.92 Å². The first-order valence-corrected chi connectivity index (χ1v) is 5.98. The van der Waals surface area contributed by atoms with Gasteiger partial charge < -0.3 is 25.8 Å². The third-order valence-electron chi connectivity index (χ3n) is 3.32. The van der Waals surface area contributed by atoms with Gasteiger partial charge in [0.15, 0.2) is 23.5 Å². The van der Waals surface area contributed by atoms with Crippen LogP contribution < -0.4 is 11.4 Å². The average Bonchev–Trinajstić information content (AvgIpc) is 2.68. The van der Waals surface area contributed by atoms with E-state index in [2.05, 4.69) is 4.98 Å². The minimum Gasteiger partial charge on any atom is -0.391 e. The summed E-state index contributed by atoms with van der Waals surface area (Å²) in [5.74, 6) is 0.273. The fourth-order valence-electron chi connectivity index (χ4n) is 2.16. The van der Waals surface area contributed by atoms with Crippen molar-refractivity contribution in [1.82, 2.24) is 9.55 Å². The van der Waals surface area contributed by atoms with Crippen LogP contribution in [0.4, 0.5) is 10.2 Å². The van der Waals surface area contributed by atoms with Gasteiger partial charge in [0.1, 0.15) is 12.2 Å². The maximum Gasteiger partial charge on any atom is 0.351 e. The first kappa shape index (κ1) is 15.4. The Kier molecular flexibility index (Phi) is 3.73. The van der Waals surface area contributed by atoms with Gasteiger partial charge in [-0.2, -0.15) is 4.98 Å². The average molecular weight is 299 g/mol. The van der Waals surface area contributed by atoms with E-state index < -0.39 is 47.5 Å². The topological polar surface area (TPSA) is 131 Å². The molecule has 1 aliphatic heterocycles. The highest BCUT2D eigenvalue weighted by Crippen LogP contribution is 2.38. The lowest BCUT2D eigenvalue weighted by Gasteiger charge is -2.26. The summed E-state index contributed by atoms with van der Waals surface area (Å²) in [6.45, 7) is 1.30. The molecule has 0 aromatic carbocycles. The lowest BCUT2D eigenvalue weighted by molar-refractivity contribution is -0.0886. The molecular formula is C12H14FN3O5. The van der Waals surface area contributed by atoms with Crippen molar-refractivity contribution in [2.45, 2.75) is 37.1 Å². The van der Waals surface area contributed by atoms with Crippen molar-refractivity contribution >= 4 is 5.82 Å². The fourth-order valence-corrected chi connectivity index (χ4v) is 2.16. The summed E-state index contributed by atoms with van der Waals surface area (Å²) in [5, 5.41) is 29.8. The second-order valence-electron chi connectivity index (χ2n) is 4.77. The van der Waals surface area contributed by atoms with Gasteiger partial charge in [-0.15, -0.1) is 6.42 Å². The van der Waals surface area contributed by atoms with Gasteiger partial charge in [-0.1, -0.05) is 5.92 Å². The highest BCUT2D eigenvalue weighted by Gasteiger charge is 2.57. The molecular weight excluding hydrogens is 285 g/mol. The van der Waals surface area contributed by atoms with Crippen LogP contribution in [0.2, 0.25) is 0 Å². The maximum absolute atomic E-state index is 13.5. The van der Waals surface area contributed by atoms with E-state index in [1.165, 1.54) is 6.92 Å². The standard InChI is InChI=1S/C12H14FN3O5/c1-3-12(20)8(18)7(5(2)17)21-10(12)16-4-6(13)9(14)15-11(16)19/h1,4-5,7-8,10,17-18,20H,2H3,(H2,14,15,19)/t5-,7-,8+,10-,12?/m1/s1. The Morgan fingerprint density at radius 2 is 2.33 bits per heavy atom. The molecule has 1 unspecified atom stereocenters. The van der Waals surface area contributed by atoms with Crippen molar-refractivity contribution in [3.63, 3.8) is 0 Å². The summed E-state index contributed by atoms with van der Waals surface area (Å²) in [4.78, 5) is 15.0. The van der Waals surface area contributed by atoms with Gasteiger partial charge in [-0.25, -0.2) is 9.18 Å². The number of aliphatic hydroxyl groups excluding tert-OH is 2. The van der Waals surface area contributed by atoms with Crippen molar-refractivity contribution in [3.8, 4) is 12.3 Å². The number of nitrogens with zero attached hydrogens (tertiary/aromatic N) is 2. The quantitative estimate of drug-likeness (QED) is 0.463. The number of hydrogen-bond donors (Lipinski definition) is 4. The molecule has 0 radical (unpaired) electrons. The number of aromatic nitrogens is 2. The highest BCUT2D eigenvalue weighted by molar-refractivity contribution is 5.27. The molecule has 0 spiro atoms. The molecule has 0 aliphatic carbocycles. The number of nitrogens with two attached hydrogens (primary N) is 1. The lowest BCUT2D eigenvalue weighted by atomic mass is 9.93. The second kappa shape index (κ2) is 5.09. The van der Waals surface area contributed by atoms with Crippen LogP contribution in [0.25, 0.3) is 0 Å². The molecule has 2 heterocycles. The smallest absolute Gasteiger partial charge is 0.351 e. The summed E-state index contributed by atoms with van der Waals surface area (Å²) in [5.41, 5.74) is 1.80. The zero-order chi connectivity index (χ0) is 15.9. The number of nitrogen functional groups attached to an aromatic ring is 1. The molecule has 1 aromatic heterocycles. The number of rotatable bonds is 2. The van der Waals surface area contributed by atoms with Gasteiger partial charge in [0, 0.05) is 0 Å². The predicted molar refractivity (Wildman–Crippen MR) is 68.2 cm³/mol. The summed E-state index contributed by atoms with van der Waals surface area (Å²) in [7, 11) is 0. The van der Waals surface area contributed by atoms with Crippen LogP contribution in [0, 0.1) is 18.2 Å². The Bertz CT molecular complexity index is 655. The molecule has 114 valence electrons. The van der Waals surface area contributed by atoms with E-state index in [-0.39, 0.29) is 0 Å². The zero-order valence-corrected chi connectivity index (χ0v) is 11.0. The molecule has 0 bridgehead atoms. The summed E-state index contributed by atoms with van der Waals surface area (Å²) in [6.07, 6.45) is 0.105. The molecule has 1 saturated heterocycles. The van der Waals surface area contributed by atoms with Gasteiger partial charge in [0.05, 0.1) is 12.3 Å². The number of terminal acetylenes is 1. The van der Waals surface area contributed by atoms with Crippen LogP contribution in [0.1, 0.15) is 13.2 Å². The van der Waals surface area contributed by atoms with Crippen LogP contribution in [-0.2, 0) is 4.74 Å². The van der Waals surface area contributed by atoms with Crippen molar-refractivity contribution in [1.29, 1.82) is 0 Å². The van der Waals surface area contributed by atoms with Crippen molar-refractivity contribution in [2.24, 2.45) is 0 Å². The molecule has 5 atom stereocenters. The number of hydrogen-bond acceptors (Lipinski definition) is 7. The molecule has 8 nitrogen and oxygen atoms in total. The van der Waals surface area contributed by atoms with Crippen LogP contribution in [0.5, 0.6) is 0 Å². The molecule has 1 aliphatic rings. The van der Waals surface area contributed by atoms with E-state index in [1.54, 1.807) is 0 Å². The molecule has 0 saturated carbocycles. The molecule has 0 amide bonds. The Balaban J connectivity index is 2.56. The van der Waals surface area contributed by atoms with Gasteiger partial charge >= 0.3 is 5.69 Å². The van der Waals surface area contributed by atoms with E-state index in [4.69, 9.17) is 16.9 Å². The largest absolute Gasteiger partial charge is 0.391 e. The Morgan fingerprint density at radius 3 is 2.86 bits per heavy atom. The monoisotopic (exact) mass is 299 g/mol. The van der Waals surface area contributed by atoms with Crippen molar-refractivity contribution in [3.05, 3.63) is 22.5 Å². The molecule has 9 heteroatoms. The van der Waals surface area contributed by atoms with Gasteiger partial charge in [0.25, 0.3) is 0 Å². The normalized spacial score (nSPS) is 33.6. The lowest BCUT2D eigenvalue weighted by Crippen LogP contribution is -2.48. The van der Waals surface area contributed by atoms with Crippen LogP contribution in [0.15, 0.2) is 11.0 Å². The molecule has 21 heavy (non-hydrogen) atoms. The Hall–Kier alpha value is -1.99. The van der Waals surface area contributed by atoms with Crippen LogP contribution in [-0.4, -0.2) is 48.8 Å². The SMILES string of the molecule is C#CC1(O)[C@@H](O)[C@@H]([C@@H](C)O)O[C@H]1n1cc(F)c(N)nc1=O. The summed E-state index contributed by atoms with van der Waals surface area (Å²) >= 11 is 0. The van der Waals surface area contributed by atoms with E-state index in [0.29, 0.717) is 10.8 Å². The fraction of sp³-hybridized carbons (Fsp3) is 0.500. The minimum absolute atomic E-state index is 0.581. The van der Waals surface area contributed by atoms with Gasteiger partial charge in [-0.05, 0) is 6.92 Å². The number of halogens is 1. The van der Waals surface area contributed by atoms with E-state index >= 15 is 0 Å². The minimum atomic E-state index is -2.34. The summed E-state index contributed by atoms with van der Waals surface area (Å²) < 4.78 is 19.3. The second-order valence-corrected chi connectivity index (χ2v) is 4.77. The van der Waals surface area contributed by atoms with Crippen LogP contribution >= 0.6 is 0 Å². The third-order valence-corrected chi connectivity index (χ3v) is 3.32. The first-order valence-electron chi connectivity index (χ1n) is 5.98. The number of anilines is 1. The Morgan fingerprint density at radius 1 is 1.71 bits per heavy atom. The summed E-state index contributed by atoms with van der Waals surface area (Å²) in [6, 6.07) is 0. The predicted octanol–water partition coefficient (Wildman–Crippen LogP) is -2.03. The molecule has 1 aromatic rings. The number of aliphatic hydroxyl groups is 3. The van der Waals surface area contributed by atoms with Gasteiger partial charge in [0.2, 0.25) is 0 Å².